The molecule has 0 saturated carbocycles. The molecule has 0 fully saturated rings. The van der Waals surface area contributed by atoms with Gasteiger partial charge in [-0.2, -0.15) is 0 Å². The number of hydrogen-bond donors (Lipinski definition) is 1. The standard InChI is InChI=1S/C13H30N2/c1-7-11-12(14-6)13(5,8-2)15(9-3)10-4/h12,14H,7-11H2,1-6H3. The lowest BCUT2D eigenvalue weighted by atomic mass is 9.84. The van der Waals surface area contributed by atoms with Crippen LogP contribution in [0.1, 0.15) is 53.9 Å². The van der Waals surface area contributed by atoms with Gasteiger partial charge >= 0.3 is 0 Å². The fourth-order valence-electron chi connectivity index (χ4n) is 2.69. The number of nitrogens with zero attached hydrogens (tertiary/aromatic N) is 1. The molecule has 0 aliphatic carbocycles. The third-order valence-corrected chi connectivity index (χ3v) is 3.88. The third kappa shape index (κ3) is 3.46. The van der Waals surface area contributed by atoms with Crippen LogP contribution in [0.5, 0.6) is 0 Å². The normalized spacial score (nSPS) is 17.8. The summed E-state index contributed by atoms with van der Waals surface area (Å²) in [7, 11) is 2.09. The van der Waals surface area contributed by atoms with Crippen LogP contribution >= 0.6 is 0 Å². The summed E-state index contributed by atoms with van der Waals surface area (Å²) in [6, 6.07) is 0.604. The first-order valence-corrected chi connectivity index (χ1v) is 6.52. The fraction of sp³-hybridized carbons (Fsp3) is 1.00. The Balaban J connectivity index is 4.76. The molecule has 2 nitrogen and oxygen atoms in total. The van der Waals surface area contributed by atoms with Crippen molar-refractivity contribution in [3.8, 4) is 0 Å². The van der Waals surface area contributed by atoms with Gasteiger partial charge in [0.25, 0.3) is 0 Å². The molecule has 0 bridgehead atoms. The second-order valence-electron chi connectivity index (χ2n) is 4.51. The summed E-state index contributed by atoms with van der Waals surface area (Å²) in [5.74, 6) is 0. The molecule has 0 aliphatic heterocycles. The first-order chi connectivity index (χ1) is 7.10. The third-order valence-electron chi connectivity index (χ3n) is 3.88. The highest BCUT2D eigenvalue weighted by atomic mass is 15.2. The average Bonchev–Trinajstić information content (AvgIpc) is 2.27. The summed E-state index contributed by atoms with van der Waals surface area (Å²) in [5.41, 5.74) is 0.300. The first kappa shape index (κ1) is 14.9. The van der Waals surface area contributed by atoms with Gasteiger partial charge in [0.15, 0.2) is 0 Å². The van der Waals surface area contributed by atoms with Gasteiger partial charge in [-0.3, -0.25) is 4.90 Å². The Morgan fingerprint density at radius 3 is 1.93 bits per heavy atom. The molecule has 0 aromatic carbocycles. The van der Waals surface area contributed by atoms with E-state index in [4.69, 9.17) is 0 Å². The first-order valence-electron chi connectivity index (χ1n) is 6.52. The van der Waals surface area contributed by atoms with Gasteiger partial charge < -0.3 is 5.32 Å². The molecule has 2 heteroatoms. The number of rotatable bonds is 8. The van der Waals surface area contributed by atoms with Crippen molar-refractivity contribution < 1.29 is 0 Å². The van der Waals surface area contributed by atoms with Gasteiger partial charge in [0, 0.05) is 11.6 Å². The maximum Gasteiger partial charge on any atom is 0.0331 e. The minimum Gasteiger partial charge on any atom is -0.315 e. The molecule has 0 aromatic rings. The molecule has 2 atom stereocenters. The molecule has 0 saturated heterocycles. The van der Waals surface area contributed by atoms with Crippen LogP contribution in [-0.4, -0.2) is 36.6 Å². The lowest BCUT2D eigenvalue weighted by Gasteiger charge is -2.45. The second kappa shape index (κ2) is 7.24. The lowest BCUT2D eigenvalue weighted by Crippen LogP contribution is -2.58. The molecule has 0 rings (SSSR count). The van der Waals surface area contributed by atoms with Crippen LogP contribution in [0.2, 0.25) is 0 Å². The Hall–Kier alpha value is -0.0800. The van der Waals surface area contributed by atoms with E-state index in [0.717, 1.165) is 13.1 Å². The summed E-state index contributed by atoms with van der Waals surface area (Å²) in [6.45, 7) is 13.8. The molecule has 0 heterocycles. The predicted octanol–water partition coefficient (Wildman–Crippen LogP) is 2.89. The van der Waals surface area contributed by atoms with Gasteiger partial charge in [0.1, 0.15) is 0 Å². The molecular weight excluding hydrogens is 184 g/mol. The number of nitrogens with one attached hydrogen (secondary N) is 1. The zero-order valence-corrected chi connectivity index (χ0v) is 11.6. The molecule has 0 aliphatic rings. The summed E-state index contributed by atoms with van der Waals surface area (Å²) in [5, 5.41) is 3.50. The second-order valence-corrected chi connectivity index (χ2v) is 4.51. The van der Waals surface area contributed by atoms with Crippen molar-refractivity contribution in [2.75, 3.05) is 20.1 Å². The lowest BCUT2D eigenvalue weighted by molar-refractivity contribution is 0.0694. The molecule has 92 valence electrons. The zero-order valence-electron chi connectivity index (χ0n) is 11.6. The van der Waals surface area contributed by atoms with Crippen molar-refractivity contribution in [1.29, 1.82) is 0 Å². The van der Waals surface area contributed by atoms with Crippen LogP contribution in [0.3, 0.4) is 0 Å². The maximum absolute atomic E-state index is 3.50. The quantitative estimate of drug-likeness (QED) is 0.668. The van der Waals surface area contributed by atoms with Crippen molar-refractivity contribution in [2.45, 2.75) is 65.5 Å². The van der Waals surface area contributed by atoms with E-state index in [2.05, 4.69) is 51.9 Å². The van der Waals surface area contributed by atoms with Crippen LogP contribution in [0.4, 0.5) is 0 Å². The average molecular weight is 214 g/mol. The van der Waals surface area contributed by atoms with Gasteiger partial charge in [-0.05, 0) is 39.9 Å². The van der Waals surface area contributed by atoms with Crippen LogP contribution in [0.25, 0.3) is 0 Å². The molecule has 0 radical (unpaired) electrons. The Morgan fingerprint density at radius 2 is 1.67 bits per heavy atom. The highest BCUT2D eigenvalue weighted by molar-refractivity contribution is 4.94. The minimum absolute atomic E-state index is 0.300. The van der Waals surface area contributed by atoms with Gasteiger partial charge in [-0.1, -0.05) is 34.1 Å². The topological polar surface area (TPSA) is 15.3 Å². The molecule has 1 N–H and O–H groups in total. The van der Waals surface area contributed by atoms with Gasteiger partial charge in [0.2, 0.25) is 0 Å². The predicted molar refractivity (Wildman–Crippen MR) is 69.4 cm³/mol. The van der Waals surface area contributed by atoms with E-state index in [1.54, 1.807) is 0 Å². The fourth-order valence-corrected chi connectivity index (χ4v) is 2.69. The monoisotopic (exact) mass is 214 g/mol. The molecule has 0 amide bonds. The Morgan fingerprint density at radius 1 is 1.13 bits per heavy atom. The van der Waals surface area contributed by atoms with E-state index < -0.39 is 0 Å². The smallest absolute Gasteiger partial charge is 0.0331 e. The zero-order chi connectivity index (χ0) is 11.9. The van der Waals surface area contributed by atoms with E-state index in [1.807, 2.05) is 0 Å². The molecular formula is C13H30N2. The van der Waals surface area contributed by atoms with Crippen molar-refractivity contribution in [3.05, 3.63) is 0 Å². The number of likely N-dealkylation sites (N-methyl/N-ethyl adjacent to an activating group) is 2. The van der Waals surface area contributed by atoms with Gasteiger partial charge in [-0.25, -0.2) is 0 Å². The van der Waals surface area contributed by atoms with E-state index in [9.17, 15) is 0 Å². The van der Waals surface area contributed by atoms with Crippen LogP contribution < -0.4 is 5.32 Å². The van der Waals surface area contributed by atoms with E-state index in [-0.39, 0.29) is 0 Å². The summed E-state index contributed by atoms with van der Waals surface area (Å²) in [4.78, 5) is 2.59. The minimum atomic E-state index is 0.300. The van der Waals surface area contributed by atoms with E-state index >= 15 is 0 Å². The Bertz CT molecular complexity index is 155. The highest BCUT2D eigenvalue weighted by Gasteiger charge is 2.35. The summed E-state index contributed by atoms with van der Waals surface area (Å²) in [6.07, 6.45) is 3.72. The molecule has 0 spiro atoms. The maximum atomic E-state index is 3.50. The highest BCUT2D eigenvalue weighted by Crippen LogP contribution is 2.26. The Kier molecular flexibility index (Phi) is 7.20. The van der Waals surface area contributed by atoms with Gasteiger partial charge in [0.05, 0.1) is 0 Å². The molecule has 2 unspecified atom stereocenters. The Labute approximate surface area is 96.4 Å². The largest absolute Gasteiger partial charge is 0.315 e. The SMILES string of the molecule is CCCC(NC)C(C)(CC)N(CC)CC. The molecule has 15 heavy (non-hydrogen) atoms. The van der Waals surface area contributed by atoms with Crippen LogP contribution in [0, 0.1) is 0 Å². The van der Waals surface area contributed by atoms with Crippen molar-refractivity contribution in [1.82, 2.24) is 10.2 Å². The van der Waals surface area contributed by atoms with E-state index in [1.165, 1.54) is 19.3 Å². The number of hydrogen-bond acceptors (Lipinski definition) is 2. The van der Waals surface area contributed by atoms with Crippen molar-refractivity contribution in [3.63, 3.8) is 0 Å². The summed E-state index contributed by atoms with van der Waals surface area (Å²) >= 11 is 0. The van der Waals surface area contributed by atoms with Gasteiger partial charge in [-0.15, -0.1) is 0 Å². The van der Waals surface area contributed by atoms with Crippen LogP contribution in [0.15, 0.2) is 0 Å². The van der Waals surface area contributed by atoms with Crippen molar-refractivity contribution in [2.24, 2.45) is 0 Å². The molecule has 0 aromatic heterocycles. The van der Waals surface area contributed by atoms with Crippen LogP contribution in [-0.2, 0) is 0 Å². The van der Waals surface area contributed by atoms with Crippen molar-refractivity contribution >= 4 is 0 Å². The summed E-state index contributed by atoms with van der Waals surface area (Å²) < 4.78 is 0. The van der Waals surface area contributed by atoms with E-state index in [0.29, 0.717) is 11.6 Å².